The zero-order chi connectivity index (χ0) is 17.9. The molecule has 1 aromatic heterocycles. The van der Waals surface area contributed by atoms with Crippen LogP contribution in [-0.4, -0.2) is 12.6 Å². The van der Waals surface area contributed by atoms with Gasteiger partial charge in [-0.05, 0) is 43.5 Å². The predicted molar refractivity (Wildman–Crippen MR) is 84.0 cm³/mol. The zero-order valence-corrected chi connectivity index (χ0v) is 13.2. The zero-order valence-electron chi connectivity index (χ0n) is 13.2. The van der Waals surface area contributed by atoms with Crippen molar-refractivity contribution in [3.05, 3.63) is 41.1 Å². The van der Waals surface area contributed by atoms with E-state index in [-0.39, 0.29) is 12.2 Å². The minimum Gasteiger partial charge on any atom is -0.513 e. The standard InChI is InChI=1S/C17H16F3N2O3/c18-17(19,20)12-4-6-14-11(9-12)10-16(24-14)15-7-5-13(23-15)3-1-2-8-22-25-21/h4,6,9-10,13,15H,2,5,7-8,21H2/q-1/t13-,15+/m1/s1. The smallest absolute Gasteiger partial charge is 0.416 e. The first-order valence-electron chi connectivity index (χ1n) is 7.74. The summed E-state index contributed by atoms with van der Waals surface area (Å²) in [7, 11) is 0. The van der Waals surface area contributed by atoms with Crippen LogP contribution >= 0.6 is 0 Å². The van der Waals surface area contributed by atoms with Crippen LogP contribution in [0.5, 0.6) is 0 Å². The fourth-order valence-electron chi connectivity index (χ4n) is 2.69. The molecule has 1 aliphatic heterocycles. The molecule has 0 bridgehead atoms. The minimum absolute atomic E-state index is 0.234. The summed E-state index contributed by atoms with van der Waals surface area (Å²) in [6, 6.07) is 5.02. The van der Waals surface area contributed by atoms with Crippen LogP contribution in [0.2, 0.25) is 0 Å². The number of alkyl halides is 3. The van der Waals surface area contributed by atoms with Crippen molar-refractivity contribution in [1.29, 1.82) is 0 Å². The highest BCUT2D eigenvalue weighted by molar-refractivity contribution is 5.79. The van der Waals surface area contributed by atoms with Crippen molar-refractivity contribution in [1.82, 2.24) is 0 Å². The van der Waals surface area contributed by atoms with Crippen molar-refractivity contribution >= 4 is 11.0 Å². The number of benzene rings is 1. The van der Waals surface area contributed by atoms with E-state index in [9.17, 15) is 13.2 Å². The van der Waals surface area contributed by atoms with Crippen LogP contribution < -0.4 is 5.90 Å². The topological polar surface area (TPSA) is 71.7 Å². The average molecular weight is 353 g/mol. The molecule has 0 radical (unpaired) electrons. The lowest BCUT2D eigenvalue weighted by Gasteiger charge is -2.11. The summed E-state index contributed by atoms with van der Waals surface area (Å²) in [4.78, 5) is 4.09. The Bertz CT molecular complexity index is 792. The SMILES string of the molecule is NO[N-]CCC#C[C@@H]1CC[C@@H](c2cc3cc(C(F)(F)F)ccc3o2)O1. The van der Waals surface area contributed by atoms with Gasteiger partial charge in [-0.15, -0.1) is 12.5 Å². The molecule has 134 valence electrons. The molecule has 0 amide bonds. The van der Waals surface area contributed by atoms with Gasteiger partial charge in [-0.3, -0.25) is 0 Å². The molecule has 0 spiro atoms. The van der Waals surface area contributed by atoms with Gasteiger partial charge in [0, 0.05) is 5.39 Å². The maximum absolute atomic E-state index is 12.8. The van der Waals surface area contributed by atoms with E-state index >= 15 is 0 Å². The van der Waals surface area contributed by atoms with Crippen LogP contribution in [0, 0.1) is 11.8 Å². The summed E-state index contributed by atoms with van der Waals surface area (Å²) in [5.74, 6) is 11.2. The summed E-state index contributed by atoms with van der Waals surface area (Å²) in [6.45, 7) is 0.380. The Morgan fingerprint density at radius 1 is 1.28 bits per heavy atom. The molecule has 2 aromatic rings. The molecule has 2 heterocycles. The molecule has 3 rings (SSSR count). The number of hydrogen-bond donors (Lipinski definition) is 1. The Morgan fingerprint density at radius 2 is 2.12 bits per heavy atom. The molecule has 1 saturated heterocycles. The first kappa shape index (κ1) is 17.8. The van der Waals surface area contributed by atoms with E-state index in [1.165, 1.54) is 6.07 Å². The summed E-state index contributed by atoms with van der Waals surface area (Å²) in [5.41, 5.74) is 3.19. The molecule has 0 aliphatic carbocycles. The normalized spacial score (nSPS) is 20.6. The molecular formula is C17H16F3N2O3-. The van der Waals surface area contributed by atoms with Gasteiger partial charge in [0.15, 0.2) is 0 Å². The number of halogens is 3. The first-order chi connectivity index (χ1) is 12.0. The average Bonchev–Trinajstić information content (AvgIpc) is 3.19. The lowest BCUT2D eigenvalue weighted by Crippen LogP contribution is -2.03. The van der Waals surface area contributed by atoms with Gasteiger partial charge in [0.05, 0.1) is 5.56 Å². The molecule has 1 aromatic carbocycles. The van der Waals surface area contributed by atoms with Crippen molar-refractivity contribution < 1.29 is 27.3 Å². The largest absolute Gasteiger partial charge is 0.513 e. The number of fused-ring (bicyclic) bond motifs is 1. The van der Waals surface area contributed by atoms with Crippen LogP contribution in [0.15, 0.2) is 28.7 Å². The van der Waals surface area contributed by atoms with Crippen LogP contribution in [0.25, 0.3) is 16.4 Å². The molecular weight excluding hydrogens is 337 g/mol. The highest BCUT2D eigenvalue weighted by Crippen LogP contribution is 2.37. The van der Waals surface area contributed by atoms with Gasteiger partial charge in [-0.25, -0.2) is 5.90 Å². The van der Waals surface area contributed by atoms with Gasteiger partial charge in [0.25, 0.3) is 0 Å². The van der Waals surface area contributed by atoms with E-state index in [0.717, 1.165) is 18.6 Å². The van der Waals surface area contributed by atoms with E-state index in [4.69, 9.17) is 15.1 Å². The van der Waals surface area contributed by atoms with E-state index in [0.29, 0.717) is 36.1 Å². The number of furan rings is 1. The molecule has 25 heavy (non-hydrogen) atoms. The molecule has 5 nitrogen and oxygen atoms in total. The number of hydrogen-bond acceptors (Lipinski definition) is 4. The van der Waals surface area contributed by atoms with E-state index in [2.05, 4.69) is 22.3 Å². The van der Waals surface area contributed by atoms with Gasteiger partial charge in [0.1, 0.15) is 23.6 Å². The quantitative estimate of drug-likeness (QED) is 0.507. The third kappa shape index (κ3) is 4.32. The maximum atomic E-state index is 12.8. The Labute approximate surface area is 142 Å². The summed E-state index contributed by atoms with van der Waals surface area (Å²) in [6.07, 6.45) is -2.99. The number of nitrogens with two attached hydrogens (primary N) is 1. The van der Waals surface area contributed by atoms with Crippen LogP contribution in [-0.2, 0) is 15.9 Å². The fraction of sp³-hybridized carbons (Fsp3) is 0.412. The lowest BCUT2D eigenvalue weighted by atomic mass is 10.1. The molecule has 2 atom stereocenters. The minimum atomic E-state index is -4.38. The summed E-state index contributed by atoms with van der Waals surface area (Å²) in [5, 5.41) is 0.409. The van der Waals surface area contributed by atoms with Crippen molar-refractivity contribution in [2.24, 2.45) is 5.90 Å². The van der Waals surface area contributed by atoms with Gasteiger partial charge in [0.2, 0.25) is 0 Å². The Balaban J connectivity index is 1.66. The van der Waals surface area contributed by atoms with E-state index < -0.39 is 11.7 Å². The van der Waals surface area contributed by atoms with Crippen LogP contribution in [0.4, 0.5) is 13.2 Å². The van der Waals surface area contributed by atoms with Crippen molar-refractivity contribution in [2.45, 2.75) is 37.6 Å². The molecule has 1 fully saturated rings. The monoisotopic (exact) mass is 353 g/mol. The highest BCUT2D eigenvalue weighted by Gasteiger charge is 2.32. The van der Waals surface area contributed by atoms with Gasteiger partial charge in [-0.1, -0.05) is 5.92 Å². The fourth-order valence-corrected chi connectivity index (χ4v) is 2.69. The van der Waals surface area contributed by atoms with E-state index in [1.54, 1.807) is 6.07 Å². The summed E-state index contributed by atoms with van der Waals surface area (Å²) >= 11 is 0. The van der Waals surface area contributed by atoms with E-state index in [1.807, 2.05) is 0 Å². The van der Waals surface area contributed by atoms with Gasteiger partial charge >= 0.3 is 6.18 Å². The second-order valence-corrected chi connectivity index (χ2v) is 5.62. The van der Waals surface area contributed by atoms with Gasteiger partial charge < -0.3 is 19.6 Å². The third-order valence-electron chi connectivity index (χ3n) is 3.87. The predicted octanol–water partition coefficient (Wildman–Crippen LogP) is 4.24. The summed E-state index contributed by atoms with van der Waals surface area (Å²) < 4.78 is 49.8. The third-order valence-corrected chi connectivity index (χ3v) is 3.87. The molecule has 0 saturated carbocycles. The second-order valence-electron chi connectivity index (χ2n) is 5.62. The van der Waals surface area contributed by atoms with Crippen molar-refractivity contribution in [2.75, 3.05) is 6.54 Å². The number of ether oxygens (including phenoxy) is 1. The van der Waals surface area contributed by atoms with Gasteiger partial charge in [-0.2, -0.15) is 13.2 Å². The Morgan fingerprint density at radius 3 is 2.88 bits per heavy atom. The van der Waals surface area contributed by atoms with Crippen LogP contribution in [0.1, 0.15) is 36.7 Å². The number of rotatable bonds is 4. The van der Waals surface area contributed by atoms with Crippen molar-refractivity contribution in [3.8, 4) is 11.8 Å². The Kier molecular flexibility index (Phi) is 5.30. The molecule has 1 aliphatic rings. The van der Waals surface area contributed by atoms with Crippen LogP contribution in [0.3, 0.4) is 0 Å². The first-order valence-corrected chi connectivity index (χ1v) is 7.74. The molecule has 2 N–H and O–H groups in total. The second kappa shape index (κ2) is 7.45. The number of nitrogens with zero attached hydrogens (tertiary/aromatic N) is 1. The number of hydroxylamine groups is 1. The van der Waals surface area contributed by atoms with Crippen molar-refractivity contribution in [3.63, 3.8) is 0 Å². The Hall–Kier alpha value is -2.05. The maximum Gasteiger partial charge on any atom is 0.416 e. The molecule has 8 heteroatoms. The highest BCUT2D eigenvalue weighted by atomic mass is 19.4. The molecule has 0 unspecified atom stereocenters. The lowest BCUT2D eigenvalue weighted by molar-refractivity contribution is -0.137.